The summed E-state index contributed by atoms with van der Waals surface area (Å²) in [6, 6.07) is 26.7. The zero-order valence-corrected chi connectivity index (χ0v) is 15.4. The molecule has 0 atom stereocenters. The third kappa shape index (κ3) is 2.52. The summed E-state index contributed by atoms with van der Waals surface area (Å²) in [4.78, 5) is 4.69. The predicted octanol–water partition coefficient (Wildman–Crippen LogP) is 7.08. The van der Waals surface area contributed by atoms with Crippen LogP contribution >= 0.6 is 15.9 Å². The van der Waals surface area contributed by atoms with E-state index in [4.69, 9.17) is 4.42 Å². The predicted molar refractivity (Wildman–Crippen MR) is 110 cm³/mol. The van der Waals surface area contributed by atoms with E-state index in [1.54, 1.807) is 0 Å². The molecule has 2 aromatic heterocycles. The summed E-state index contributed by atoms with van der Waals surface area (Å²) in [5.74, 6) is 0. The SMILES string of the molecule is Brc1ccccc1-c1ccc(-c2ccc3oc4ccccc4c3c2)nc1. The van der Waals surface area contributed by atoms with E-state index >= 15 is 0 Å². The Balaban J connectivity index is 1.59. The summed E-state index contributed by atoms with van der Waals surface area (Å²) in [6.07, 6.45) is 1.92. The Morgan fingerprint density at radius 2 is 1.46 bits per heavy atom. The maximum Gasteiger partial charge on any atom is 0.135 e. The molecule has 0 N–H and O–H groups in total. The van der Waals surface area contributed by atoms with E-state index in [1.807, 2.05) is 48.7 Å². The third-order valence-electron chi connectivity index (χ3n) is 4.62. The summed E-state index contributed by atoms with van der Waals surface area (Å²) in [5, 5.41) is 2.25. The van der Waals surface area contributed by atoms with Crippen LogP contribution in [0.15, 0.2) is 93.9 Å². The molecule has 0 spiro atoms. The Bertz CT molecular complexity index is 1240. The van der Waals surface area contributed by atoms with Gasteiger partial charge in [0.25, 0.3) is 0 Å². The van der Waals surface area contributed by atoms with Crippen LogP contribution in [0.1, 0.15) is 0 Å². The lowest BCUT2D eigenvalue weighted by Gasteiger charge is -2.06. The van der Waals surface area contributed by atoms with E-state index in [2.05, 4.69) is 57.3 Å². The van der Waals surface area contributed by atoms with Crippen LogP contribution in [-0.4, -0.2) is 4.98 Å². The van der Waals surface area contributed by atoms with Gasteiger partial charge in [0.1, 0.15) is 11.2 Å². The molecule has 3 aromatic carbocycles. The fourth-order valence-electron chi connectivity index (χ4n) is 3.30. The van der Waals surface area contributed by atoms with Crippen LogP contribution in [0.5, 0.6) is 0 Å². The first-order valence-electron chi connectivity index (χ1n) is 8.42. The van der Waals surface area contributed by atoms with Crippen LogP contribution in [0.4, 0.5) is 0 Å². The van der Waals surface area contributed by atoms with Crippen molar-refractivity contribution >= 4 is 37.9 Å². The highest BCUT2D eigenvalue weighted by Gasteiger charge is 2.09. The number of hydrogen-bond donors (Lipinski definition) is 0. The Morgan fingerprint density at radius 1 is 0.692 bits per heavy atom. The van der Waals surface area contributed by atoms with Crippen molar-refractivity contribution in [3.8, 4) is 22.4 Å². The molecule has 0 aliphatic carbocycles. The van der Waals surface area contributed by atoms with Gasteiger partial charge < -0.3 is 4.42 Å². The second kappa shape index (κ2) is 6.11. The standard InChI is InChI=1S/C23H14BrNO/c24-20-7-3-1-5-17(20)16-9-11-21(25-14-16)15-10-12-23-19(13-15)18-6-2-4-8-22(18)26-23/h1-14H. The van der Waals surface area contributed by atoms with Gasteiger partial charge >= 0.3 is 0 Å². The Labute approximate surface area is 159 Å². The average Bonchev–Trinajstić information content (AvgIpc) is 3.06. The molecule has 3 heteroatoms. The van der Waals surface area contributed by atoms with Crippen LogP contribution in [0, 0.1) is 0 Å². The number of fused-ring (bicyclic) bond motifs is 3. The van der Waals surface area contributed by atoms with Gasteiger partial charge in [-0.1, -0.05) is 58.4 Å². The van der Waals surface area contributed by atoms with Gasteiger partial charge in [0.2, 0.25) is 0 Å². The first kappa shape index (κ1) is 15.4. The molecule has 124 valence electrons. The lowest BCUT2D eigenvalue weighted by Crippen LogP contribution is -1.86. The van der Waals surface area contributed by atoms with E-state index in [-0.39, 0.29) is 0 Å². The molecule has 0 saturated heterocycles. The van der Waals surface area contributed by atoms with Crippen LogP contribution in [0.25, 0.3) is 44.3 Å². The molecule has 0 aliphatic rings. The number of benzene rings is 3. The van der Waals surface area contributed by atoms with E-state index in [9.17, 15) is 0 Å². The second-order valence-corrected chi connectivity index (χ2v) is 7.08. The maximum absolute atomic E-state index is 5.91. The number of halogens is 1. The molecule has 26 heavy (non-hydrogen) atoms. The van der Waals surface area contributed by atoms with Gasteiger partial charge in [-0.3, -0.25) is 4.98 Å². The highest BCUT2D eigenvalue weighted by molar-refractivity contribution is 9.10. The van der Waals surface area contributed by atoms with Crippen molar-refractivity contribution in [3.63, 3.8) is 0 Å². The van der Waals surface area contributed by atoms with Crippen molar-refractivity contribution < 1.29 is 4.42 Å². The second-order valence-electron chi connectivity index (χ2n) is 6.22. The molecule has 0 unspecified atom stereocenters. The first-order valence-corrected chi connectivity index (χ1v) is 9.21. The highest BCUT2D eigenvalue weighted by atomic mass is 79.9. The molecule has 0 radical (unpaired) electrons. The normalized spacial score (nSPS) is 11.3. The monoisotopic (exact) mass is 399 g/mol. The number of nitrogens with zero attached hydrogens (tertiary/aromatic N) is 1. The summed E-state index contributed by atoms with van der Waals surface area (Å²) in [7, 11) is 0. The summed E-state index contributed by atoms with van der Waals surface area (Å²) in [6.45, 7) is 0. The van der Waals surface area contributed by atoms with E-state index in [1.165, 1.54) is 0 Å². The van der Waals surface area contributed by atoms with Crippen LogP contribution < -0.4 is 0 Å². The minimum atomic E-state index is 0.903. The molecule has 0 saturated carbocycles. The topological polar surface area (TPSA) is 26.0 Å². The van der Waals surface area contributed by atoms with Crippen LogP contribution in [0.3, 0.4) is 0 Å². The maximum atomic E-state index is 5.91. The smallest absolute Gasteiger partial charge is 0.135 e. The molecule has 0 bridgehead atoms. The Kier molecular flexibility index (Phi) is 3.61. The third-order valence-corrected chi connectivity index (χ3v) is 5.31. The molecular formula is C23H14BrNO. The molecule has 2 heterocycles. The fourth-order valence-corrected chi connectivity index (χ4v) is 3.82. The number of para-hydroxylation sites is 1. The van der Waals surface area contributed by atoms with E-state index < -0.39 is 0 Å². The quantitative estimate of drug-likeness (QED) is 0.317. The highest BCUT2D eigenvalue weighted by Crippen LogP contribution is 2.33. The summed E-state index contributed by atoms with van der Waals surface area (Å²) >= 11 is 3.60. The fraction of sp³-hybridized carbons (Fsp3) is 0. The van der Waals surface area contributed by atoms with Gasteiger partial charge in [-0.15, -0.1) is 0 Å². The largest absolute Gasteiger partial charge is 0.456 e. The number of pyridine rings is 1. The zero-order chi connectivity index (χ0) is 17.5. The van der Waals surface area contributed by atoms with Crippen molar-refractivity contribution in [1.82, 2.24) is 4.98 Å². The minimum Gasteiger partial charge on any atom is -0.456 e. The average molecular weight is 400 g/mol. The number of rotatable bonds is 2. The minimum absolute atomic E-state index is 0.903. The molecule has 0 aliphatic heterocycles. The zero-order valence-electron chi connectivity index (χ0n) is 13.8. The van der Waals surface area contributed by atoms with Crippen molar-refractivity contribution in [2.75, 3.05) is 0 Å². The van der Waals surface area contributed by atoms with Crippen molar-refractivity contribution in [3.05, 3.63) is 89.5 Å². The first-order chi connectivity index (χ1) is 12.8. The lowest BCUT2D eigenvalue weighted by molar-refractivity contribution is 0.669. The number of furan rings is 1. The number of hydrogen-bond acceptors (Lipinski definition) is 2. The van der Waals surface area contributed by atoms with Gasteiger partial charge in [-0.25, -0.2) is 0 Å². The van der Waals surface area contributed by atoms with Gasteiger partial charge in [0.15, 0.2) is 0 Å². The van der Waals surface area contributed by atoms with Gasteiger partial charge in [0, 0.05) is 32.6 Å². The van der Waals surface area contributed by atoms with Crippen molar-refractivity contribution in [1.29, 1.82) is 0 Å². The van der Waals surface area contributed by atoms with Gasteiger partial charge in [0.05, 0.1) is 5.69 Å². The molecule has 5 rings (SSSR count). The van der Waals surface area contributed by atoms with Crippen molar-refractivity contribution in [2.45, 2.75) is 0 Å². The lowest BCUT2D eigenvalue weighted by atomic mass is 10.0. The summed E-state index contributed by atoms with van der Waals surface area (Å²) < 4.78 is 6.98. The van der Waals surface area contributed by atoms with Crippen LogP contribution in [-0.2, 0) is 0 Å². The molecule has 0 amide bonds. The van der Waals surface area contributed by atoms with Crippen LogP contribution in [0.2, 0.25) is 0 Å². The molecule has 0 fully saturated rings. The molecule has 2 nitrogen and oxygen atoms in total. The van der Waals surface area contributed by atoms with Crippen molar-refractivity contribution in [2.24, 2.45) is 0 Å². The summed E-state index contributed by atoms with van der Waals surface area (Å²) in [5.41, 5.74) is 6.09. The Morgan fingerprint density at radius 3 is 2.31 bits per heavy atom. The molecule has 5 aromatic rings. The van der Waals surface area contributed by atoms with Gasteiger partial charge in [-0.05, 0) is 42.0 Å². The van der Waals surface area contributed by atoms with Gasteiger partial charge in [-0.2, -0.15) is 0 Å². The van der Waals surface area contributed by atoms with E-state index in [0.717, 1.165) is 48.8 Å². The Hall–Kier alpha value is -2.91. The number of aromatic nitrogens is 1. The molecular weight excluding hydrogens is 386 g/mol. The van der Waals surface area contributed by atoms with E-state index in [0.29, 0.717) is 0 Å².